The van der Waals surface area contributed by atoms with E-state index in [4.69, 9.17) is 16.3 Å². The Balaban J connectivity index is 1.63. The first kappa shape index (κ1) is 19.9. The molecular weight excluding hydrogens is 402 g/mol. The summed E-state index contributed by atoms with van der Waals surface area (Å²) in [5, 5.41) is 0.717. The van der Waals surface area contributed by atoms with Crippen molar-refractivity contribution in [2.45, 2.75) is 42.7 Å². The predicted octanol–water partition coefficient (Wildman–Crippen LogP) is 7.10. The lowest BCUT2D eigenvalue weighted by Crippen LogP contribution is -2.24. The van der Waals surface area contributed by atoms with Crippen molar-refractivity contribution < 1.29 is 9.53 Å². The maximum atomic E-state index is 12.3. The molecule has 0 fully saturated rings. The van der Waals surface area contributed by atoms with Crippen LogP contribution in [-0.4, -0.2) is 11.6 Å². The lowest BCUT2D eigenvalue weighted by Gasteiger charge is -2.33. The van der Waals surface area contributed by atoms with Crippen LogP contribution >= 0.6 is 23.4 Å². The van der Waals surface area contributed by atoms with E-state index < -0.39 is 5.60 Å². The maximum Gasteiger partial charge on any atom is 0.338 e. The molecule has 148 valence electrons. The summed E-state index contributed by atoms with van der Waals surface area (Å²) in [6.45, 7) is 6.29. The molecule has 0 amide bonds. The van der Waals surface area contributed by atoms with Crippen LogP contribution in [0.25, 0.3) is 0 Å². The van der Waals surface area contributed by atoms with Gasteiger partial charge >= 0.3 is 5.97 Å². The van der Waals surface area contributed by atoms with Crippen LogP contribution < -0.4 is 4.90 Å². The summed E-state index contributed by atoms with van der Waals surface area (Å²) < 4.78 is 5.45. The van der Waals surface area contributed by atoms with Crippen LogP contribution in [0.15, 0.2) is 76.5 Å². The van der Waals surface area contributed by atoms with E-state index in [9.17, 15) is 4.79 Å². The average molecular weight is 424 g/mol. The van der Waals surface area contributed by atoms with Gasteiger partial charge in [-0.3, -0.25) is 0 Å². The zero-order valence-corrected chi connectivity index (χ0v) is 18.2. The third-order valence-corrected chi connectivity index (χ3v) is 5.88. The summed E-state index contributed by atoms with van der Waals surface area (Å²) in [4.78, 5) is 16.9. The van der Waals surface area contributed by atoms with Gasteiger partial charge in [-0.2, -0.15) is 0 Å². The molecule has 0 N–H and O–H groups in total. The van der Waals surface area contributed by atoms with Crippen LogP contribution in [0.2, 0.25) is 5.02 Å². The van der Waals surface area contributed by atoms with Gasteiger partial charge < -0.3 is 9.64 Å². The molecule has 0 saturated carbocycles. The Morgan fingerprint density at radius 1 is 0.966 bits per heavy atom. The van der Waals surface area contributed by atoms with Crippen molar-refractivity contribution in [3.63, 3.8) is 0 Å². The number of benzene rings is 3. The number of fused-ring (bicyclic) bond motifs is 2. The normalized spacial score (nSPS) is 12.9. The highest BCUT2D eigenvalue weighted by Gasteiger charge is 2.24. The van der Waals surface area contributed by atoms with E-state index in [2.05, 4.69) is 29.2 Å². The molecular formula is C24H22ClNO2S. The van der Waals surface area contributed by atoms with Gasteiger partial charge in [-0.1, -0.05) is 47.6 Å². The summed E-state index contributed by atoms with van der Waals surface area (Å²) in [5.74, 6) is -0.305. The number of hydrogen-bond donors (Lipinski definition) is 0. The van der Waals surface area contributed by atoms with Crippen molar-refractivity contribution in [2.24, 2.45) is 0 Å². The van der Waals surface area contributed by atoms with Crippen LogP contribution in [0.1, 0.15) is 36.7 Å². The monoisotopic (exact) mass is 423 g/mol. The van der Waals surface area contributed by atoms with Crippen molar-refractivity contribution in [1.82, 2.24) is 0 Å². The fourth-order valence-electron chi connectivity index (χ4n) is 3.24. The van der Waals surface area contributed by atoms with E-state index in [1.807, 2.05) is 63.2 Å². The van der Waals surface area contributed by atoms with Gasteiger partial charge in [0.2, 0.25) is 0 Å². The molecule has 3 aromatic rings. The molecule has 0 aliphatic carbocycles. The highest BCUT2D eigenvalue weighted by molar-refractivity contribution is 7.99. The van der Waals surface area contributed by atoms with Gasteiger partial charge in [0.05, 0.1) is 16.9 Å². The minimum Gasteiger partial charge on any atom is -0.456 e. The average Bonchev–Trinajstić information content (AvgIpc) is 2.67. The van der Waals surface area contributed by atoms with Gasteiger partial charge in [-0.05, 0) is 68.8 Å². The van der Waals surface area contributed by atoms with Crippen LogP contribution in [0.3, 0.4) is 0 Å². The Hall–Kier alpha value is -2.43. The van der Waals surface area contributed by atoms with E-state index in [-0.39, 0.29) is 5.97 Å². The third kappa shape index (κ3) is 4.44. The predicted molar refractivity (Wildman–Crippen MR) is 119 cm³/mol. The fraction of sp³-hybridized carbons (Fsp3) is 0.208. The van der Waals surface area contributed by atoms with Crippen LogP contribution in [0.5, 0.6) is 0 Å². The second kappa shape index (κ2) is 7.77. The molecule has 0 saturated heterocycles. The number of rotatable bonds is 3. The Bertz CT molecular complexity index is 1060. The summed E-state index contributed by atoms with van der Waals surface area (Å²) in [6.07, 6.45) is 0. The Morgan fingerprint density at radius 2 is 1.66 bits per heavy atom. The maximum absolute atomic E-state index is 12.3. The second-order valence-corrected chi connectivity index (χ2v) is 9.49. The Labute approximate surface area is 180 Å². The summed E-state index contributed by atoms with van der Waals surface area (Å²) >= 11 is 8.05. The van der Waals surface area contributed by atoms with Crippen LogP contribution in [0.4, 0.5) is 11.4 Å². The number of carbonyl (C=O) groups excluding carboxylic acids is 1. The van der Waals surface area contributed by atoms with Gasteiger partial charge in [0.15, 0.2) is 0 Å². The molecule has 4 rings (SSSR count). The van der Waals surface area contributed by atoms with Crippen LogP contribution in [-0.2, 0) is 11.3 Å². The number of para-hydroxylation sites is 1. The number of halogens is 1. The van der Waals surface area contributed by atoms with Gasteiger partial charge in [-0.25, -0.2) is 4.79 Å². The minimum atomic E-state index is -0.506. The molecule has 1 aliphatic rings. The van der Waals surface area contributed by atoms with E-state index >= 15 is 0 Å². The second-order valence-electron chi connectivity index (χ2n) is 7.97. The molecule has 0 spiro atoms. The van der Waals surface area contributed by atoms with E-state index in [1.54, 1.807) is 11.8 Å². The highest BCUT2D eigenvalue weighted by Crippen LogP contribution is 2.49. The van der Waals surface area contributed by atoms with Crippen LogP contribution in [0, 0.1) is 0 Å². The standard InChI is InChI=1S/C24H22ClNO2S/c1-24(2,3)28-23(27)17-10-8-16(9-11-17)15-26-19-6-4-5-7-21(19)29-22-13-12-18(25)14-20(22)26/h4-14H,15H2,1-3H3. The topological polar surface area (TPSA) is 29.5 Å². The first-order chi connectivity index (χ1) is 13.8. The molecule has 0 radical (unpaired) electrons. The van der Waals surface area contributed by atoms with Crippen molar-refractivity contribution in [3.8, 4) is 0 Å². The molecule has 0 aromatic heterocycles. The van der Waals surface area contributed by atoms with Crippen molar-refractivity contribution in [2.75, 3.05) is 4.90 Å². The Kier molecular flexibility index (Phi) is 5.32. The molecule has 0 unspecified atom stereocenters. The van der Waals surface area contributed by atoms with Gasteiger partial charge in [0.25, 0.3) is 0 Å². The SMILES string of the molecule is CC(C)(C)OC(=O)c1ccc(CN2c3ccccc3Sc3ccc(Cl)cc32)cc1. The van der Waals surface area contributed by atoms with E-state index in [1.165, 1.54) is 9.79 Å². The molecule has 29 heavy (non-hydrogen) atoms. The van der Waals surface area contributed by atoms with E-state index in [0.717, 1.165) is 16.9 Å². The molecule has 3 aromatic carbocycles. The number of carbonyl (C=O) groups is 1. The largest absolute Gasteiger partial charge is 0.456 e. The Morgan fingerprint density at radius 3 is 2.38 bits per heavy atom. The van der Waals surface area contributed by atoms with Crippen molar-refractivity contribution in [1.29, 1.82) is 0 Å². The fourth-order valence-corrected chi connectivity index (χ4v) is 4.48. The van der Waals surface area contributed by atoms with Crippen molar-refractivity contribution >= 4 is 40.7 Å². The van der Waals surface area contributed by atoms with Gasteiger partial charge in [-0.15, -0.1) is 0 Å². The smallest absolute Gasteiger partial charge is 0.338 e. The summed E-state index contributed by atoms with van der Waals surface area (Å²) in [5.41, 5.74) is 3.40. The summed E-state index contributed by atoms with van der Waals surface area (Å²) in [7, 11) is 0. The number of ether oxygens (including phenoxy) is 1. The molecule has 1 heterocycles. The quantitative estimate of drug-likeness (QED) is 0.420. The van der Waals surface area contributed by atoms with Crippen molar-refractivity contribution in [3.05, 3.63) is 82.9 Å². The zero-order chi connectivity index (χ0) is 20.6. The lowest BCUT2D eigenvalue weighted by molar-refractivity contribution is 0.00695. The highest BCUT2D eigenvalue weighted by atomic mass is 35.5. The first-order valence-corrected chi connectivity index (χ1v) is 10.7. The number of nitrogens with zero attached hydrogens (tertiary/aromatic N) is 1. The minimum absolute atomic E-state index is 0.305. The zero-order valence-electron chi connectivity index (χ0n) is 16.6. The molecule has 0 bridgehead atoms. The van der Waals surface area contributed by atoms with Gasteiger partial charge in [0.1, 0.15) is 5.60 Å². The molecule has 5 heteroatoms. The molecule has 3 nitrogen and oxygen atoms in total. The number of esters is 1. The number of hydrogen-bond acceptors (Lipinski definition) is 4. The molecule has 0 atom stereocenters. The molecule has 1 aliphatic heterocycles. The lowest BCUT2D eigenvalue weighted by atomic mass is 10.1. The van der Waals surface area contributed by atoms with E-state index in [0.29, 0.717) is 17.1 Å². The van der Waals surface area contributed by atoms with Gasteiger partial charge in [0, 0.05) is 21.4 Å². The summed E-state index contributed by atoms with van der Waals surface area (Å²) in [6, 6.07) is 22.0. The third-order valence-electron chi connectivity index (χ3n) is 4.52. The first-order valence-electron chi connectivity index (χ1n) is 9.46. The number of anilines is 2.